The molecule has 1 unspecified atom stereocenters. The zero-order valence-corrected chi connectivity index (χ0v) is 13.1. The van der Waals surface area contributed by atoms with Gasteiger partial charge in [-0.1, -0.05) is 11.6 Å². The van der Waals surface area contributed by atoms with E-state index in [4.69, 9.17) is 11.6 Å². The molecule has 24 heavy (non-hydrogen) atoms. The van der Waals surface area contributed by atoms with Crippen LogP contribution in [0.15, 0.2) is 34.1 Å². The van der Waals surface area contributed by atoms with Crippen molar-refractivity contribution in [3.8, 4) is 11.4 Å². The molecule has 1 aromatic carbocycles. The molecule has 6 nitrogen and oxygen atoms in total. The Kier molecular flexibility index (Phi) is 5.45. The lowest BCUT2D eigenvalue weighted by Gasteiger charge is -2.15. The SMILES string of the molecule is C=NCCn1nc(-c2ccc(Cl)cc2)n(CC(O)C(F)(F)F)c1=O. The average Bonchev–Trinajstić information content (AvgIpc) is 2.82. The van der Waals surface area contributed by atoms with Crippen molar-refractivity contribution in [3.63, 3.8) is 0 Å². The van der Waals surface area contributed by atoms with Crippen molar-refractivity contribution in [2.24, 2.45) is 4.99 Å². The molecule has 10 heteroatoms. The molecule has 0 aliphatic heterocycles. The van der Waals surface area contributed by atoms with Crippen LogP contribution in [0.2, 0.25) is 5.02 Å². The van der Waals surface area contributed by atoms with Crippen LogP contribution in [0.3, 0.4) is 0 Å². The predicted molar refractivity (Wildman–Crippen MR) is 83.4 cm³/mol. The Morgan fingerprint density at radius 2 is 1.96 bits per heavy atom. The molecule has 0 saturated heterocycles. The van der Waals surface area contributed by atoms with Crippen molar-refractivity contribution in [3.05, 3.63) is 39.8 Å². The molecule has 1 atom stereocenters. The highest BCUT2D eigenvalue weighted by Gasteiger charge is 2.39. The summed E-state index contributed by atoms with van der Waals surface area (Å²) in [5, 5.41) is 13.8. The number of aliphatic hydroxyl groups excluding tert-OH is 1. The van der Waals surface area contributed by atoms with Crippen molar-refractivity contribution in [2.45, 2.75) is 25.4 Å². The van der Waals surface area contributed by atoms with E-state index in [0.29, 0.717) is 10.6 Å². The Balaban J connectivity index is 2.49. The third kappa shape index (κ3) is 4.04. The minimum atomic E-state index is -4.85. The van der Waals surface area contributed by atoms with Gasteiger partial charge in [-0.2, -0.15) is 13.2 Å². The number of alkyl halides is 3. The summed E-state index contributed by atoms with van der Waals surface area (Å²) in [5.41, 5.74) is -0.372. The van der Waals surface area contributed by atoms with Crippen LogP contribution in [-0.4, -0.2) is 45.0 Å². The van der Waals surface area contributed by atoms with Gasteiger partial charge in [0.1, 0.15) is 0 Å². The largest absolute Gasteiger partial charge is 0.416 e. The lowest BCUT2D eigenvalue weighted by Crippen LogP contribution is -2.37. The van der Waals surface area contributed by atoms with E-state index >= 15 is 0 Å². The fourth-order valence-corrected chi connectivity index (χ4v) is 2.13. The van der Waals surface area contributed by atoms with Gasteiger partial charge in [0.15, 0.2) is 11.9 Å². The molecule has 0 aliphatic carbocycles. The molecule has 0 amide bonds. The van der Waals surface area contributed by atoms with Crippen molar-refractivity contribution in [2.75, 3.05) is 6.54 Å². The predicted octanol–water partition coefficient (Wildman–Crippen LogP) is 1.99. The minimum absolute atomic E-state index is 0.00373. The maximum absolute atomic E-state index is 12.6. The molecular formula is C14H14ClF3N4O2. The summed E-state index contributed by atoms with van der Waals surface area (Å²) in [7, 11) is 0. The summed E-state index contributed by atoms with van der Waals surface area (Å²) in [5.74, 6) is 0.00373. The van der Waals surface area contributed by atoms with Gasteiger partial charge in [-0.25, -0.2) is 9.48 Å². The molecule has 1 heterocycles. The van der Waals surface area contributed by atoms with E-state index in [1.165, 1.54) is 24.3 Å². The Labute approximate surface area is 139 Å². The number of aliphatic imine (C=N–C) groups is 1. The van der Waals surface area contributed by atoms with Gasteiger partial charge in [0.05, 0.1) is 19.6 Å². The number of nitrogens with zero attached hydrogens (tertiary/aromatic N) is 4. The van der Waals surface area contributed by atoms with Crippen LogP contribution in [0.1, 0.15) is 0 Å². The third-order valence-corrected chi connectivity index (χ3v) is 3.48. The monoisotopic (exact) mass is 362 g/mol. The van der Waals surface area contributed by atoms with E-state index in [1.807, 2.05) is 0 Å². The highest BCUT2D eigenvalue weighted by molar-refractivity contribution is 6.30. The number of rotatable bonds is 6. The van der Waals surface area contributed by atoms with Crippen LogP contribution < -0.4 is 5.69 Å². The van der Waals surface area contributed by atoms with Gasteiger partial charge in [-0.3, -0.25) is 9.56 Å². The van der Waals surface area contributed by atoms with E-state index in [-0.39, 0.29) is 18.9 Å². The first-order valence-electron chi connectivity index (χ1n) is 6.85. The van der Waals surface area contributed by atoms with Gasteiger partial charge in [0.2, 0.25) is 0 Å². The molecule has 0 aliphatic rings. The second-order valence-corrected chi connectivity index (χ2v) is 5.39. The number of hydrogen-bond acceptors (Lipinski definition) is 4. The highest BCUT2D eigenvalue weighted by atomic mass is 35.5. The molecule has 0 radical (unpaired) electrons. The molecule has 130 valence electrons. The number of hydrogen-bond donors (Lipinski definition) is 1. The maximum Gasteiger partial charge on any atom is 0.416 e. The Hall–Kier alpha value is -2.13. The molecule has 1 N–H and O–H groups in total. The zero-order valence-electron chi connectivity index (χ0n) is 12.4. The van der Waals surface area contributed by atoms with E-state index in [2.05, 4.69) is 16.8 Å². The van der Waals surface area contributed by atoms with Crippen LogP contribution >= 0.6 is 11.6 Å². The summed E-state index contributed by atoms with van der Waals surface area (Å²) < 4.78 is 39.7. The van der Waals surface area contributed by atoms with Crippen LogP contribution in [0.5, 0.6) is 0 Å². The normalized spacial score (nSPS) is 13.0. The summed E-state index contributed by atoms with van der Waals surface area (Å²) in [6.07, 6.45) is -7.53. The van der Waals surface area contributed by atoms with Crippen molar-refractivity contribution in [1.82, 2.24) is 14.3 Å². The van der Waals surface area contributed by atoms with Crippen molar-refractivity contribution >= 4 is 18.3 Å². The standard InChI is InChI=1S/C14H14ClF3N4O2/c1-19-6-7-22-13(24)21(8-11(23)14(16,17)18)12(20-22)9-2-4-10(15)5-3-9/h2-5,11,23H,1,6-8H2. The molecular weight excluding hydrogens is 349 g/mol. The lowest BCUT2D eigenvalue weighted by molar-refractivity contribution is -0.207. The fourth-order valence-electron chi connectivity index (χ4n) is 2.01. The molecule has 2 rings (SSSR count). The van der Waals surface area contributed by atoms with Gasteiger partial charge < -0.3 is 5.11 Å². The van der Waals surface area contributed by atoms with Crippen molar-refractivity contribution < 1.29 is 18.3 Å². The Morgan fingerprint density at radius 3 is 2.50 bits per heavy atom. The molecule has 0 spiro atoms. The summed E-state index contributed by atoms with van der Waals surface area (Å²) in [6.45, 7) is 2.57. The van der Waals surface area contributed by atoms with Gasteiger partial charge in [0, 0.05) is 10.6 Å². The first-order valence-corrected chi connectivity index (χ1v) is 7.22. The second-order valence-electron chi connectivity index (χ2n) is 4.95. The fraction of sp³-hybridized carbons (Fsp3) is 0.357. The molecule has 0 saturated carbocycles. The number of benzene rings is 1. The van der Waals surface area contributed by atoms with E-state index < -0.39 is 24.5 Å². The zero-order chi connectivity index (χ0) is 17.9. The number of halogens is 4. The maximum atomic E-state index is 12.6. The molecule has 1 aromatic heterocycles. The Morgan fingerprint density at radius 1 is 1.33 bits per heavy atom. The lowest BCUT2D eigenvalue weighted by atomic mass is 10.2. The first kappa shape index (κ1) is 18.2. The van der Waals surface area contributed by atoms with Crippen molar-refractivity contribution in [1.29, 1.82) is 0 Å². The number of aromatic nitrogens is 3. The first-order chi connectivity index (χ1) is 11.2. The summed E-state index contributed by atoms with van der Waals surface area (Å²) in [6, 6.07) is 6.10. The highest BCUT2D eigenvalue weighted by Crippen LogP contribution is 2.23. The third-order valence-electron chi connectivity index (χ3n) is 3.23. The second kappa shape index (κ2) is 7.18. The average molecular weight is 363 g/mol. The van der Waals surface area contributed by atoms with Crippen LogP contribution in [0, 0.1) is 0 Å². The summed E-state index contributed by atoms with van der Waals surface area (Å²) in [4.78, 5) is 15.9. The van der Waals surface area contributed by atoms with E-state index in [0.717, 1.165) is 9.25 Å². The molecule has 0 fully saturated rings. The van der Waals surface area contributed by atoms with Crippen LogP contribution in [-0.2, 0) is 13.1 Å². The van der Waals surface area contributed by atoms with E-state index in [9.17, 15) is 23.1 Å². The van der Waals surface area contributed by atoms with Gasteiger partial charge in [-0.05, 0) is 31.0 Å². The smallest absolute Gasteiger partial charge is 0.382 e. The number of aliphatic hydroxyl groups is 1. The van der Waals surface area contributed by atoms with Crippen LogP contribution in [0.4, 0.5) is 13.2 Å². The molecule has 0 bridgehead atoms. The topological polar surface area (TPSA) is 72.4 Å². The molecule has 2 aromatic rings. The van der Waals surface area contributed by atoms with Crippen LogP contribution in [0.25, 0.3) is 11.4 Å². The van der Waals surface area contributed by atoms with Gasteiger partial charge in [0.25, 0.3) is 0 Å². The quantitative estimate of drug-likeness (QED) is 0.799. The summed E-state index contributed by atoms with van der Waals surface area (Å²) >= 11 is 5.79. The minimum Gasteiger partial charge on any atom is -0.382 e. The van der Waals surface area contributed by atoms with Gasteiger partial charge >= 0.3 is 11.9 Å². The Bertz CT molecular complexity index is 768. The van der Waals surface area contributed by atoms with E-state index in [1.54, 1.807) is 0 Å². The van der Waals surface area contributed by atoms with Gasteiger partial charge in [-0.15, -0.1) is 5.10 Å².